The van der Waals surface area contributed by atoms with Gasteiger partial charge in [-0.15, -0.1) is 0 Å². The number of nitrogens with zero attached hydrogens (tertiary/aromatic N) is 3. The third-order valence-corrected chi connectivity index (χ3v) is 3.18. The summed E-state index contributed by atoms with van der Waals surface area (Å²) in [6.45, 7) is 6.40. The van der Waals surface area contributed by atoms with Crippen molar-refractivity contribution < 1.29 is 0 Å². The first-order valence-corrected chi connectivity index (χ1v) is 6.88. The van der Waals surface area contributed by atoms with Gasteiger partial charge in [-0.1, -0.05) is 20.8 Å². The first kappa shape index (κ1) is 13.9. The van der Waals surface area contributed by atoms with E-state index in [4.69, 9.17) is 0 Å². The Morgan fingerprint density at radius 3 is 2.42 bits per heavy atom. The van der Waals surface area contributed by atoms with E-state index in [1.165, 1.54) is 0 Å². The van der Waals surface area contributed by atoms with Gasteiger partial charge in [0.1, 0.15) is 11.5 Å². The van der Waals surface area contributed by atoms with Crippen LogP contribution in [-0.2, 0) is 5.41 Å². The summed E-state index contributed by atoms with van der Waals surface area (Å²) in [5, 5.41) is 3.07. The zero-order chi connectivity index (χ0) is 14.0. The van der Waals surface area contributed by atoms with E-state index in [1.807, 2.05) is 25.2 Å². The summed E-state index contributed by atoms with van der Waals surface area (Å²) in [6, 6.07) is 5.82. The van der Waals surface area contributed by atoms with Crippen LogP contribution in [0.15, 0.2) is 28.9 Å². The number of hydrogen-bond donors (Lipinski definition) is 1. The monoisotopic (exact) mass is 320 g/mol. The average Bonchev–Trinajstić information content (AvgIpc) is 2.38. The number of halogens is 1. The van der Waals surface area contributed by atoms with E-state index in [0.29, 0.717) is 5.82 Å². The molecule has 5 heteroatoms. The molecule has 1 N–H and O–H groups in total. The van der Waals surface area contributed by atoms with Crippen molar-refractivity contribution in [2.45, 2.75) is 26.2 Å². The van der Waals surface area contributed by atoms with Gasteiger partial charge in [-0.25, -0.2) is 9.97 Å². The normalized spacial score (nSPS) is 11.4. The van der Waals surface area contributed by atoms with Crippen LogP contribution in [0.4, 0.5) is 5.82 Å². The fraction of sp³-hybridized carbons (Fsp3) is 0.357. The average molecular weight is 321 g/mol. The minimum Gasteiger partial charge on any atom is -0.373 e. The van der Waals surface area contributed by atoms with Crippen molar-refractivity contribution in [2.24, 2.45) is 0 Å². The molecule has 0 fully saturated rings. The number of aromatic nitrogens is 3. The second kappa shape index (κ2) is 5.25. The van der Waals surface area contributed by atoms with E-state index in [9.17, 15) is 0 Å². The highest BCUT2D eigenvalue weighted by Gasteiger charge is 2.18. The van der Waals surface area contributed by atoms with Crippen LogP contribution in [0, 0.1) is 0 Å². The van der Waals surface area contributed by atoms with Crippen molar-refractivity contribution in [2.75, 3.05) is 12.4 Å². The van der Waals surface area contributed by atoms with Crippen molar-refractivity contribution in [1.29, 1.82) is 0 Å². The van der Waals surface area contributed by atoms with Crippen LogP contribution in [0.2, 0.25) is 0 Å². The lowest BCUT2D eigenvalue weighted by Crippen LogP contribution is -2.15. The van der Waals surface area contributed by atoms with Gasteiger partial charge in [-0.05, 0) is 28.1 Å². The first-order chi connectivity index (χ1) is 8.90. The molecule has 2 aromatic heterocycles. The number of rotatable bonds is 2. The van der Waals surface area contributed by atoms with E-state index < -0.39 is 0 Å². The van der Waals surface area contributed by atoms with Gasteiger partial charge in [-0.2, -0.15) is 0 Å². The number of anilines is 1. The number of pyridine rings is 1. The Morgan fingerprint density at radius 2 is 1.89 bits per heavy atom. The molecule has 0 saturated heterocycles. The minimum absolute atomic E-state index is 0.0291. The molecule has 2 aromatic rings. The highest BCUT2D eigenvalue weighted by atomic mass is 79.9. The lowest BCUT2D eigenvalue weighted by atomic mass is 9.92. The van der Waals surface area contributed by atoms with Gasteiger partial charge in [0.05, 0.1) is 5.69 Å². The van der Waals surface area contributed by atoms with Crippen LogP contribution in [0.5, 0.6) is 0 Å². The van der Waals surface area contributed by atoms with E-state index in [2.05, 4.69) is 57.0 Å². The minimum atomic E-state index is -0.0291. The maximum Gasteiger partial charge on any atom is 0.180 e. The van der Waals surface area contributed by atoms with Crippen LogP contribution in [0.1, 0.15) is 26.5 Å². The van der Waals surface area contributed by atoms with Gasteiger partial charge in [0.2, 0.25) is 0 Å². The molecule has 100 valence electrons. The fourth-order valence-corrected chi connectivity index (χ4v) is 1.82. The standard InChI is InChI=1S/C14H17BrN4/c1-14(2,3)11-7-12(16-4)19-13(18-11)10-6-5-9(15)8-17-10/h5-8H,1-4H3,(H,16,18,19). The third kappa shape index (κ3) is 3.29. The smallest absolute Gasteiger partial charge is 0.180 e. The zero-order valence-corrected chi connectivity index (χ0v) is 13.1. The van der Waals surface area contributed by atoms with E-state index >= 15 is 0 Å². The molecule has 0 aliphatic rings. The molecule has 0 amide bonds. The molecule has 0 aromatic carbocycles. The second-order valence-corrected chi connectivity index (χ2v) is 6.24. The van der Waals surface area contributed by atoms with Crippen LogP contribution in [-0.4, -0.2) is 22.0 Å². The first-order valence-electron chi connectivity index (χ1n) is 6.09. The molecule has 4 nitrogen and oxygen atoms in total. The molecule has 0 bridgehead atoms. The quantitative estimate of drug-likeness (QED) is 0.917. The van der Waals surface area contributed by atoms with Gasteiger partial charge in [0.25, 0.3) is 0 Å². The predicted molar refractivity (Wildman–Crippen MR) is 81.2 cm³/mol. The van der Waals surface area contributed by atoms with Crippen LogP contribution in [0.3, 0.4) is 0 Å². The van der Waals surface area contributed by atoms with Crippen molar-refractivity contribution in [3.05, 3.63) is 34.6 Å². The highest BCUT2D eigenvalue weighted by Crippen LogP contribution is 2.25. The fourth-order valence-electron chi connectivity index (χ4n) is 1.58. The predicted octanol–water partition coefficient (Wildman–Crippen LogP) is 3.64. The molecular formula is C14H17BrN4. The Balaban J connectivity index is 2.54. The summed E-state index contributed by atoms with van der Waals surface area (Å²) in [5.74, 6) is 1.45. The van der Waals surface area contributed by atoms with Crippen LogP contribution in [0.25, 0.3) is 11.5 Å². The molecule has 0 aliphatic heterocycles. The van der Waals surface area contributed by atoms with Crippen LogP contribution >= 0.6 is 15.9 Å². The second-order valence-electron chi connectivity index (χ2n) is 5.32. The Labute approximate surface area is 121 Å². The summed E-state index contributed by atoms with van der Waals surface area (Å²) in [6.07, 6.45) is 1.75. The van der Waals surface area contributed by atoms with Gasteiger partial charge in [0, 0.05) is 29.2 Å². The van der Waals surface area contributed by atoms with Crippen molar-refractivity contribution in [1.82, 2.24) is 15.0 Å². The van der Waals surface area contributed by atoms with Gasteiger partial charge >= 0.3 is 0 Å². The number of hydrogen-bond acceptors (Lipinski definition) is 4. The molecule has 2 heterocycles. The van der Waals surface area contributed by atoms with E-state index in [1.54, 1.807) is 6.20 Å². The molecular weight excluding hydrogens is 304 g/mol. The lowest BCUT2D eigenvalue weighted by Gasteiger charge is -2.19. The molecule has 0 saturated carbocycles. The molecule has 0 aliphatic carbocycles. The maximum atomic E-state index is 4.62. The summed E-state index contributed by atoms with van der Waals surface area (Å²) in [5.41, 5.74) is 1.73. The highest BCUT2D eigenvalue weighted by molar-refractivity contribution is 9.10. The van der Waals surface area contributed by atoms with Gasteiger partial charge in [-0.3, -0.25) is 4.98 Å². The zero-order valence-electron chi connectivity index (χ0n) is 11.5. The Morgan fingerprint density at radius 1 is 1.16 bits per heavy atom. The molecule has 19 heavy (non-hydrogen) atoms. The summed E-state index contributed by atoms with van der Waals surface area (Å²) >= 11 is 3.38. The topological polar surface area (TPSA) is 50.7 Å². The summed E-state index contributed by atoms with van der Waals surface area (Å²) in [4.78, 5) is 13.4. The Kier molecular flexibility index (Phi) is 3.85. The Hall–Kier alpha value is -1.49. The van der Waals surface area contributed by atoms with E-state index in [-0.39, 0.29) is 5.41 Å². The van der Waals surface area contributed by atoms with E-state index in [0.717, 1.165) is 21.7 Å². The largest absolute Gasteiger partial charge is 0.373 e. The molecule has 0 radical (unpaired) electrons. The van der Waals surface area contributed by atoms with Gasteiger partial charge in [0.15, 0.2) is 5.82 Å². The van der Waals surface area contributed by atoms with Crippen molar-refractivity contribution >= 4 is 21.7 Å². The SMILES string of the molecule is CNc1cc(C(C)(C)C)nc(-c2ccc(Br)cn2)n1. The van der Waals surface area contributed by atoms with Crippen LogP contribution < -0.4 is 5.32 Å². The lowest BCUT2D eigenvalue weighted by molar-refractivity contribution is 0.568. The molecule has 2 rings (SSSR count). The van der Waals surface area contributed by atoms with Gasteiger partial charge < -0.3 is 5.32 Å². The molecule has 0 spiro atoms. The number of nitrogens with one attached hydrogen (secondary N) is 1. The molecule has 0 unspecified atom stereocenters. The van der Waals surface area contributed by atoms with Crippen molar-refractivity contribution in [3.63, 3.8) is 0 Å². The summed E-state index contributed by atoms with van der Waals surface area (Å²) in [7, 11) is 1.85. The third-order valence-electron chi connectivity index (χ3n) is 2.71. The molecule has 0 atom stereocenters. The van der Waals surface area contributed by atoms with Crippen molar-refractivity contribution in [3.8, 4) is 11.5 Å². The maximum absolute atomic E-state index is 4.62. The Bertz CT molecular complexity index is 573. The summed E-state index contributed by atoms with van der Waals surface area (Å²) < 4.78 is 0.942.